The van der Waals surface area contributed by atoms with Gasteiger partial charge in [0.25, 0.3) is 0 Å². The summed E-state index contributed by atoms with van der Waals surface area (Å²) in [6.45, 7) is 13.3. The number of thiocarbonyl (C=S) groups is 1. The minimum Gasteiger partial charge on any atom is -0.363 e. The second-order valence-corrected chi connectivity index (χ2v) is 5.23. The summed E-state index contributed by atoms with van der Waals surface area (Å²) >= 11 is 5.26. The monoisotopic (exact) mass is 273 g/mol. The molecule has 0 aliphatic rings. The lowest BCUT2D eigenvalue weighted by atomic mass is 10.2. The molecule has 0 rings (SSSR count). The Morgan fingerprint density at radius 3 is 2.39 bits per heavy atom. The summed E-state index contributed by atoms with van der Waals surface area (Å²) in [7, 11) is 0. The predicted octanol–water partition coefficient (Wildman–Crippen LogP) is 2.76. The van der Waals surface area contributed by atoms with Gasteiger partial charge in [0, 0.05) is 12.6 Å². The van der Waals surface area contributed by atoms with Gasteiger partial charge in [-0.25, -0.2) is 0 Å². The molecule has 0 bridgehead atoms. The first kappa shape index (κ1) is 17.6. The first-order chi connectivity index (χ1) is 8.63. The van der Waals surface area contributed by atoms with Crippen molar-refractivity contribution in [1.82, 2.24) is 15.5 Å². The van der Waals surface area contributed by atoms with Crippen molar-refractivity contribution in [3.05, 3.63) is 0 Å². The Balaban J connectivity index is 3.57. The highest BCUT2D eigenvalue weighted by molar-refractivity contribution is 7.80. The summed E-state index contributed by atoms with van der Waals surface area (Å²) in [5.74, 6) is 0. The fourth-order valence-corrected chi connectivity index (χ4v) is 2.19. The normalized spacial score (nSPS) is 12.5. The highest BCUT2D eigenvalue weighted by Crippen LogP contribution is 1.99. The summed E-state index contributed by atoms with van der Waals surface area (Å²) < 4.78 is 0. The molecule has 2 N–H and O–H groups in total. The Kier molecular flexibility index (Phi) is 11.5. The van der Waals surface area contributed by atoms with E-state index in [2.05, 4.69) is 43.2 Å². The van der Waals surface area contributed by atoms with Crippen LogP contribution >= 0.6 is 12.2 Å². The number of hydrogen-bond donors (Lipinski definition) is 2. The first-order valence-corrected chi connectivity index (χ1v) is 7.81. The topological polar surface area (TPSA) is 27.3 Å². The van der Waals surface area contributed by atoms with Crippen LogP contribution in [-0.4, -0.2) is 42.2 Å². The Morgan fingerprint density at radius 1 is 1.17 bits per heavy atom. The Labute approximate surface area is 119 Å². The van der Waals surface area contributed by atoms with Gasteiger partial charge in [-0.05, 0) is 58.0 Å². The zero-order valence-electron chi connectivity index (χ0n) is 12.6. The van der Waals surface area contributed by atoms with Crippen molar-refractivity contribution in [2.75, 3.05) is 26.2 Å². The van der Waals surface area contributed by atoms with E-state index in [-0.39, 0.29) is 0 Å². The van der Waals surface area contributed by atoms with Crippen LogP contribution in [0.2, 0.25) is 0 Å². The second-order valence-electron chi connectivity index (χ2n) is 4.82. The molecule has 0 amide bonds. The van der Waals surface area contributed by atoms with E-state index in [1.807, 2.05) is 0 Å². The smallest absolute Gasteiger partial charge is 0.166 e. The fraction of sp³-hybridized carbons (Fsp3) is 0.929. The standard InChI is InChI=1S/C14H31N3S/c1-5-8-11-15-14(18)16-13(4)10-9-12-17(6-2)7-3/h13H,5-12H2,1-4H3,(H2,15,16,18). The highest BCUT2D eigenvalue weighted by Gasteiger charge is 2.05. The van der Waals surface area contributed by atoms with Crippen molar-refractivity contribution in [3.8, 4) is 0 Å². The molecule has 4 heteroatoms. The highest BCUT2D eigenvalue weighted by atomic mass is 32.1. The minimum atomic E-state index is 0.460. The first-order valence-electron chi connectivity index (χ1n) is 7.40. The van der Waals surface area contributed by atoms with Crippen molar-refractivity contribution >= 4 is 17.3 Å². The average Bonchev–Trinajstić information content (AvgIpc) is 2.35. The largest absolute Gasteiger partial charge is 0.363 e. The van der Waals surface area contributed by atoms with Crippen LogP contribution < -0.4 is 10.6 Å². The van der Waals surface area contributed by atoms with Gasteiger partial charge in [-0.2, -0.15) is 0 Å². The molecule has 1 atom stereocenters. The molecular weight excluding hydrogens is 242 g/mol. The molecule has 0 aliphatic heterocycles. The quantitative estimate of drug-likeness (QED) is 0.473. The van der Waals surface area contributed by atoms with E-state index in [4.69, 9.17) is 12.2 Å². The second kappa shape index (κ2) is 11.7. The fourth-order valence-electron chi connectivity index (χ4n) is 1.89. The predicted molar refractivity (Wildman–Crippen MR) is 85.1 cm³/mol. The van der Waals surface area contributed by atoms with E-state index >= 15 is 0 Å². The van der Waals surface area contributed by atoms with E-state index < -0.39 is 0 Å². The van der Waals surface area contributed by atoms with Crippen LogP contribution in [0.4, 0.5) is 0 Å². The van der Waals surface area contributed by atoms with Crippen LogP contribution in [-0.2, 0) is 0 Å². The number of nitrogens with zero attached hydrogens (tertiary/aromatic N) is 1. The summed E-state index contributed by atoms with van der Waals surface area (Å²) in [5.41, 5.74) is 0. The molecule has 0 aromatic rings. The minimum absolute atomic E-state index is 0.460. The molecule has 108 valence electrons. The third-order valence-corrected chi connectivity index (χ3v) is 3.46. The number of hydrogen-bond acceptors (Lipinski definition) is 2. The zero-order valence-corrected chi connectivity index (χ0v) is 13.4. The van der Waals surface area contributed by atoms with Crippen LogP contribution in [0.15, 0.2) is 0 Å². The lowest BCUT2D eigenvalue weighted by Gasteiger charge is -2.20. The molecule has 0 saturated heterocycles. The maximum atomic E-state index is 5.26. The molecule has 0 aromatic heterocycles. The molecule has 3 nitrogen and oxygen atoms in total. The molecule has 0 saturated carbocycles. The molecule has 18 heavy (non-hydrogen) atoms. The van der Waals surface area contributed by atoms with Crippen LogP contribution in [0.1, 0.15) is 53.4 Å². The molecule has 0 heterocycles. The SMILES string of the molecule is CCCCNC(=S)NC(C)CCCN(CC)CC. The molecule has 0 spiro atoms. The van der Waals surface area contributed by atoms with E-state index in [9.17, 15) is 0 Å². The van der Waals surface area contributed by atoms with Crippen LogP contribution in [0.5, 0.6) is 0 Å². The summed E-state index contributed by atoms with van der Waals surface area (Å²) in [6.07, 6.45) is 4.78. The van der Waals surface area contributed by atoms with Crippen molar-refractivity contribution in [1.29, 1.82) is 0 Å². The van der Waals surface area contributed by atoms with Gasteiger partial charge in [0.2, 0.25) is 0 Å². The van der Waals surface area contributed by atoms with E-state index in [1.165, 1.54) is 32.2 Å². The van der Waals surface area contributed by atoms with Gasteiger partial charge in [0.1, 0.15) is 0 Å². The maximum absolute atomic E-state index is 5.26. The average molecular weight is 273 g/mol. The summed E-state index contributed by atoms with van der Waals surface area (Å²) in [6, 6.07) is 0.460. The van der Waals surface area contributed by atoms with E-state index in [1.54, 1.807) is 0 Å². The Bertz CT molecular complexity index is 205. The molecule has 0 radical (unpaired) electrons. The van der Waals surface area contributed by atoms with Gasteiger partial charge in [-0.3, -0.25) is 0 Å². The van der Waals surface area contributed by atoms with Gasteiger partial charge in [-0.15, -0.1) is 0 Å². The number of nitrogens with one attached hydrogen (secondary N) is 2. The molecule has 0 fully saturated rings. The summed E-state index contributed by atoms with van der Waals surface area (Å²) in [5, 5.41) is 7.40. The number of unbranched alkanes of at least 4 members (excludes halogenated alkanes) is 1. The van der Waals surface area contributed by atoms with Gasteiger partial charge in [-0.1, -0.05) is 27.2 Å². The van der Waals surface area contributed by atoms with Crippen molar-refractivity contribution in [2.45, 2.75) is 59.4 Å². The Hall–Kier alpha value is -0.350. The van der Waals surface area contributed by atoms with Crippen molar-refractivity contribution in [3.63, 3.8) is 0 Å². The summed E-state index contributed by atoms with van der Waals surface area (Å²) in [4.78, 5) is 2.46. The van der Waals surface area contributed by atoms with Gasteiger partial charge in [0.05, 0.1) is 0 Å². The van der Waals surface area contributed by atoms with Gasteiger partial charge >= 0.3 is 0 Å². The lowest BCUT2D eigenvalue weighted by molar-refractivity contribution is 0.292. The van der Waals surface area contributed by atoms with Crippen LogP contribution in [0, 0.1) is 0 Å². The third-order valence-electron chi connectivity index (χ3n) is 3.20. The van der Waals surface area contributed by atoms with Gasteiger partial charge in [0.15, 0.2) is 5.11 Å². The maximum Gasteiger partial charge on any atom is 0.166 e. The lowest BCUT2D eigenvalue weighted by Crippen LogP contribution is -2.41. The van der Waals surface area contributed by atoms with Crippen molar-refractivity contribution in [2.24, 2.45) is 0 Å². The molecular formula is C14H31N3S. The third kappa shape index (κ3) is 9.66. The van der Waals surface area contributed by atoms with Gasteiger partial charge < -0.3 is 15.5 Å². The van der Waals surface area contributed by atoms with E-state index in [0.29, 0.717) is 6.04 Å². The van der Waals surface area contributed by atoms with Crippen LogP contribution in [0.25, 0.3) is 0 Å². The van der Waals surface area contributed by atoms with Crippen molar-refractivity contribution < 1.29 is 0 Å². The number of rotatable bonds is 10. The Morgan fingerprint density at radius 2 is 1.83 bits per heavy atom. The molecule has 0 aliphatic carbocycles. The zero-order chi connectivity index (χ0) is 13.8. The molecule has 1 unspecified atom stereocenters. The van der Waals surface area contributed by atoms with E-state index in [0.717, 1.165) is 24.7 Å². The molecule has 0 aromatic carbocycles. The van der Waals surface area contributed by atoms with Crippen LogP contribution in [0.3, 0.4) is 0 Å².